The molecule has 0 aliphatic carbocycles. The molecule has 2 N–H and O–H groups in total. The van der Waals surface area contributed by atoms with Crippen LogP contribution in [0.2, 0.25) is 0 Å². The third kappa shape index (κ3) is 1.02. The summed E-state index contributed by atoms with van der Waals surface area (Å²) in [7, 11) is 0. The van der Waals surface area contributed by atoms with Gasteiger partial charge in [0.15, 0.2) is 0 Å². The van der Waals surface area contributed by atoms with Crippen molar-refractivity contribution in [1.29, 1.82) is 0 Å². The van der Waals surface area contributed by atoms with Crippen LogP contribution < -0.4 is 5.32 Å². The Hall–Kier alpha value is -1.77. The van der Waals surface area contributed by atoms with Crippen molar-refractivity contribution in [3.63, 3.8) is 0 Å². The van der Waals surface area contributed by atoms with Crippen molar-refractivity contribution in [1.82, 2.24) is 9.97 Å². The molecule has 0 fully saturated rings. The molecule has 1 aromatic heterocycles. The van der Waals surface area contributed by atoms with Gasteiger partial charge in [-0.1, -0.05) is 12.1 Å². The van der Waals surface area contributed by atoms with Crippen LogP contribution in [0.3, 0.4) is 0 Å². The highest BCUT2D eigenvalue weighted by molar-refractivity contribution is 5.78. The lowest BCUT2D eigenvalue weighted by Gasteiger charge is -2.05. The Morgan fingerprint density at radius 1 is 1.29 bits per heavy atom. The maximum Gasteiger partial charge on any atom is 0.139 e. The summed E-state index contributed by atoms with van der Waals surface area (Å²) in [5.41, 5.74) is 3.80. The first kappa shape index (κ1) is 7.62. The molecule has 0 amide bonds. The number of nitrogens with one attached hydrogen (secondary N) is 2. The highest BCUT2D eigenvalue weighted by atomic mass is 14.9. The van der Waals surface area contributed by atoms with E-state index in [2.05, 4.69) is 33.5 Å². The lowest BCUT2D eigenvalue weighted by molar-refractivity contribution is 1.11. The van der Waals surface area contributed by atoms with Crippen LogP contribution in [0.15, 0.2) is 30.6 Å². The third-order valence-electron chi connectivity index (χ3n) is 2.60. The summed E-state index contributed by atoms with van der Waals surface area (Å²) in [6.45, 7) is 1.03. The molecule has 0 spiro atoms. The molecule has 2 aromatic rings. The molecule has 3 nitrogen and oxygen atoms in total. The number of aromatic nitrogens is 2. The molecule has 0 unspecified atom stereocenters. The molecule has 14 heavy (non-hydrogen) atoms. The maximum atomic E-state index is 4.27. The predicted octanol–water partition coefficient (Wildman–Crippen LogP) is 2.04. The van der Waals surface area contributed by atoms with Gasteiger partial charge in [-0.05, 0) is 18.1 Å². The second kappa shape index (κ2) is 2.87. The summed E-state index contributed by atoms with van der Waals surface area (Å²) < 4.78 is 0. The topological polar surface area (TPSA) is 40.7 Å². The van der Waals surface area contributed by atoms with E-state index in [-0.39, 0.29) is 0 Å². The Balaban J connectivity index is 2.20. The minimum atomic E-state index is 0.941. The number of H-pyrrole nitrogens is 1. The van der Waals surface area contributed by atoms with E-state index in [1.165, 1.54) is 16.8 Å². The number of fused-ring (bicyclic) bond motifs is 1. The van der Waals surface area contributed by atoms with Gasteiger partial charge in [0.05, 0.1) is 0 Å². The molecule has 1 aliphatic rings. The number of hydrogen-bond acceptors (Lipinski definition) is 2. The van der Waals surface area contributed by atoms with E-state index in [4.69, 9.17) is 0 Å². The first-order valence-corrected chi connectivity index (χ1v) is 4.80. The van der Waals surface area contributed by atoms with Gasteiger partial charge in [-0.15, -0.1) is 0 Å². The van der Waals surface area contributed by atoms with Gasteiger partial charge < -0.3 is 10.3 Å². The smallest absolute Gasteiger partial charge is 0.139 e. The Morgan fingerprint density at radius 2 is 2.29 bits per heavy atom. The Labute approximate surface area is 82.2 Å². The van der Waals surface area contributed by atoms with Crippen molar-refractivity contribution in [2.24, 2.45) is 0 Å². The zero-order valence-corrected chi connectivity index (χ0v) is 7.75. The third-order valence-corrected chi connectivity index (χ3v) is 2.60. The number of benzene rings is 1. The maximum absolute atomic E-state index is 4.27. The summed E-state index contributed by atoms with van der Waals surface area (Å²) in [6.07, 6.45) is 4.75. The molecule has 0 saturated carbocycles. The van der Waals surface area contributed by atoms with Crippen molar-refractivity contribution in [2.45, 2.75) is 6.42 Å². The molecular weight excluding hydrogens is 174 g/mol. The fourth-order valence-electron chi connectivity index (χ4n) is 1.95. The van der Waals surface area contributed by atoms with Crippen molar-refractivity contribution < 1.29 is 0 Å². The molecule has 2 heterocycles. The van der Waals surface area contributed by atoms with Crippen molar-refractivity contribution in [3.05, 3.63) is 36.2 Å². The lowest BCUT2D eigenvalue weighted by Crippen LogP contribution is -1.93. The van der Waals surface area contributed by atoms with Gasteiger partial charge in [-0.3, -0.25) is 0 Å². The SMILES string of the molecule is c1cc2c(c(-c3ncc[nH]3)c1)NCC2. The van der Waals surface area contributed by atoms with Gasteiger partial charge in [0.1, 0.15) is 5.82 Å². The van der Waals surface area contributed by atoms with Crippen LogP contribution in [0.4, 0.5) is 5.69 Å². The molecule has 0 bridgehead atoms. The monoisotopic (exact) mass is 185 g/mol. The summed E-state index contributed by atoms with van der Waals surface area (Å²) in [6, 6.07) is 6.35. The van der Waals surface area contributed by atoms with Crippen LogP contribution in [0.5, 0.6) is 0 Å². The molecule has 1 aromatic carbocycles. The molecule has 70 valence electrons. The minimum absolute atomic E-state index is 0.941. The number of nitrogens with zero attached hydrogens (tertiary/aromatic N) is 1. The summed E-state index contributed by atoms with van der Waals surface area (Å²) in [4.78, 5) is 7.40. The number of hydrogen-bond donors (Lipinski definition) is 2. The predicted molar refractivity (Wildman–Crippen MR) is 56.2 cm³/mol. The molecule has 3 rings (SSSR count). The molecule has 0 saturated heterocycles. The average Bonchev–Trinajstić information content (AvgIpc) is 2.88. The van der Waals surface area contributed by atoms with E-state index in [1.807, 2.05) is 6.20 Å². The van der Waals surface area contributed by atoms with Gasteiger partial charge in [-0.25, -0.2) is 4.98 Å². The van der Waals surface area contributed by atoms with E-state index in [1.54, 1.807) is 6.20 Å². The van der Waals surface area contributed by atoms with Gasteiger partial charge in [-0.2, -0.15) is 0 Å². The second-order valence-electron chi connectivity index (χ2n) is 3.45. The highest BCUT2D eigenvalue weighted by Crippen LogP contribution is 2.32. The van der Waals surface area contributed by atoms with Crippen molar-refractivity contribution in [3.8, 4) is 11.4 Å². The van der Waals surface area contributed by atoms with Crippen molar-refractivity contribution >= 4 is 5.69 Å². The van der Waals surface area contributed by atoms with E-state index in [0.29, 0.717) is 0 Å². The van der Waals surface area contributed by atoms with Gasteiger partial charge in [0, 0.05) is 30.2 Å². The standard InChI is InChI=1S/C11H11N3/c1-2-8-4-5-12-10(8)9(3-1)11-13-6-7-14-11/h1-3,6-7,12H,4-5H2,(H,13,14). The van der Waals surface area contributed by atoms with E-state index >= 15 is 0 Å². The van der Waals surface area contributed by atoms with Crippen LogP contribution in [-0.4, -0.2) is 16.5 Å². The Kier molecular flexibility index (Phi) is 1.56. The van der Waals surface area contributed by atoms with Crippen LogP contribution >= 0.6 is 0 Å². The quantitative estimate of drug-likeness (QED) is 0.713. The molecule has 1 aliphatic heterocycles. The van der Waals surface area contributed by atoms with Gasteiger partial charge >= 0.3 is 0 Å². The first-order valence-electron chi connectivity index (χ1n) is 4.80. The summed E-state index contributed by atoms with van der Waals surface area (Å²) >= 11 is 0. The summed E-state index contributed by atoms with van der Waals surface area (Å²) in [5, 5.41) is 3.40. The average molecular weight is 185 g/mol. The molecule has 3 heteroatoms. The lowest BCUT2D eigenvalue weighted by atomic mass is 10.1. The van der Waals surface area contributed by atoms with Crippen LogP contribution in [-0.2, 0) is 6.42 Å². The molecule has 0 atom stereocenters. The van der Waals surface area contributed by atoms with Crippen LogP contribution in [0.25, 0.3) is 11.4 Å². The van der Waals surface area contributed by atoms with Crippen LogP contribution in [0, 0.1) is 0 Å². The number of para-hydroxylation sites is 1. The Bertz CT molecular complexity index is 446. The molecule has 0 radical (unpaired) electrons. The molecular formula is C11H11N3. The minimum Gasteiger partial charge on any atom is -0.384 e. The van der Waals surface area contributed by atoms with Gasteiger partial charge in [0.2, 0.25) is 0 Å². The Morgan fingerprint density at radius 3 is 3.14 bits per heavy atom. The normalized spacial score (nSPS) is 13.7. The zero-order valence-electron chi connectivity index (χ0n) is 7.75. The fourth-order valence-corrected chi connectivity index (χ4v) is 1.95. The second-order valence-corrected chi connectivity index (χ2v) is 3.45. The van der Waals surface area contributed by atoms with E-state index < -0.39 is 0 Å². The van der Waals surface area contributed by atoms with Crippen LogP contribution in [0.1, 0.15) is 5.56 Å². The number of rotatable bonds is 1. The number of aromatic amines is 1. The fraction of sp³-hybridized carbons (Fsp3) is 0.182. The number of imidazole rings is 1. The summed E-state index contributed by atoms with van der Waals surface area (Å²) in [5.74, 6) is 0.941. The zero-order chi connectivity index (χ0) is 9.38. The van der Waals surface area contributed by atoms with E-state index in [9.17, 15) is 0 Å². The number of anilines is 1. The van der Waals surface area contributed by atoms with E-state index in [0.717, 1.165) is 18.8 Å². The largest absolute Gasteiger partial charge is 0.384 e. The van der Waals surface area contributed by atoms with Crippen molar-refractivity contribution in [2.75, 3.05) is 11.9 Å². The first-order chi connectivity index (χ1) is 6.95. The highest BCUT2D eigenvalue weighted by Gasteiger charge is 2.15. The van der Waals surface area contributed by atoms with Gasteiger partial charge in [0.25, 0.3) is 0 Å².